The summed E-state index contributed by atoms with van der Waals surface area (Å²) in [5, 5.41) is 1.39. The molecule has 0 heterocycles. The fourth-order valence-electron chi connectivity index (χ4n) is 1.48. The van der Waals surface area contributed by atoms with E-state index in [-0.39, 0.29) is 12.4 Å². The summed E-state index contributed by atoms with van der Waals surface area (Å²) >= 11 is 0. The van der Waals surface area contributed by atoms with Crippen molar-refractivity contribution in [2.24, 2.45) is 0 Å². The number of para-hydroxylation sites is 1. The summed E-state index contributed by atoms with van der Waals surface area (Å²) in [5.74, 6) is -2.13. The van der Waals surface area contributed by atoms with E-state index in [1.165, 1.54) is 36.5 Å². The highest BCUT2D eigenvalue weighted by Gasteiger charge is 2.66. The number of carbonyl (C=O) groups is 2. The van der Waals surface area contributed by atoms with Gasteiger partial charge in [0.15, 0.2) is 0 Å². The molecule has 9 heteroatoms. The third-order valence-corrected chi connectivity index (χ3v) is 2.44. The number of halogens is 3. The number of nitrogens with one attached hydrogen (secondary N) is 1. The zero-order valence-electron chi connectivity index (χ0n) is 11.8. The summed E-state index contributed by atoms with van der Waals surface area (Å²) in [6.07, 6.45) is -6.76. The zero-order chi connectivity index (χ0) is 16.8. The van der Waals surface area contributed by atoms with Crippen molar-refractivity contribution < 1.29 is 37.0 Å². The predicted octanol–water partition coefficient (Wildman–Crippen LogP) is 2.24. The molecular weight excluding hydrogens is 307 g/mol. The largest absolute Gasteiger partial charge is 0.464 e. The maximum absolute atomic E-state index is 13.4. The van der Waals surface area contributed by atoms with Gasteiger partial charge in [-0.15, -0.1) is 0 Å². The molecule has 0 aliphatic carbocycles. The number of ether oxygens (including phenoxy) is 3. The number of hydrogen-bond acceptors (Lipinski definition) is 5. The molecule has 0 radical (unpaired) electrons. The molecule has 0 aromatic heterocycles. The van der Waals surface area contributed by atoms with Crippen molar-refractivity contribution in [1.82, 2.24) is 5.32 Å². The van der Waals surface area contributed by atoms with E-state index in [0.29, 0.717) is 0 Å². The van der Waals surface area contributed by atoms with Crippen molar-refractivity contribution in [3.05, 3.63) is 30.3 Å². The SMILES string of the molecule is CCOC(=O)N[C@@](Oc1ccccc1)(C(=O)OC)C(F)(F)F. The van der Waals surface area contributed by atoms with Crippen LogP contribution in [-0.2, 0) is 14.3 Å². The van der Waals surface area contributed by atoms with Gasteiger partial charge >= 0.3 is 24.0 Å². The molecule has 1 rings (SSSR count). The van der Waals surface area contributed by atoms with Crippen LogP contribution in [-0.4, -0.2) is 37.7 Å². The van der Waals surface area contributed by atoms with E-state index in [1.807, 2.05) is 0 Å². The quantitative estimate of drug-likeness (QED) is 0.665. The lowest BCUT2D eigenvalue weighted by Gasteiger charge is -2.33. The number of alkyl carbamates (subject to hydrolysis) is 1. The van der Waals surface area contributed by atoms with Gasteiger partial charge in [-0.05, 0) is 19.1 Å². The van der Waals surface area contributed by atoms with Crippen molar-refractivity contribution in [2.75, 3.05) is 13.7 Å². The number of methoxy groups -OCH3 is 1. The topological polar surface area (TPSA) is 73.9 Å². The molecule has 6 nitrogen and oxygen atoms in total. The van der Waals surface area contributed by atoms with Crippen LogP contribution < -0.4 is 10.1 Å². The maximum Gasteiger partial charge on any atom is 0.461 e. The van der Waals surface area contributed by atoms with Gasteiger partial charge in [-0.3, -0.25) is 5.32 Å². The Kier molecular flexibility index (Phi) is 5.61. The molecule has 122 valence electrons. The average Bonchev–Trinajstić information content (AvgIpc) is 2.45. The monoisotopic (exact) mass is 321 g/mol. The molecule has 0 fully saturated rings. The Morgan fingerprint density at radius 2 is 1.77 bits per heavy atom. The second-order valence-corrected chi connectivity index (χ2v) is 3.93. The van der Waals surface area contributed by atoms with Crippen LogP contribution in [0.15, 0.2) is 30.3 Å². The third-order valence-electron chi connectivity index (χ3n) is 2.44. The van der Waals surface area contributed by atoms with Gasteiger partial charge in [0.2, 0.25) is 0 Å². The molecule has 0 spiro atoms. The minimum Gasteiger partial charge on any atom is -0.464 e. The van der Waals surface area contributed by atoms with Crippen molar-refractivity contribution in [3.63, 3.8) is 0 Å². The van der Waals surface area contributed by atoms with Crippen molar-refractivity contribution >= 4 is 12.1 Å². The summed E-state index contributed by atoms with van der Waals surface area (Å²) < 4.78 is 53.5. The summed E-state index contributed by atoms with van der Waals surface area (Å²) in [6.45, 7) is 1.21. The van der Waals surface area contributed by atoms with E-state index < -0.39 is 24.0 Å². The number of benzene rings is 1. The third kappa shape index (κ3) is 3.80. The highest BCUT2D eigenvalue weighted by atomic mass is 19.4. The molecule has 1 aromatic carbocycles. The first-order valence-corrected chi connectivity index (χ1v) is 6.11. The van der Waals surface area contributed by atoms with Crippen molar-refractivity contribution in [2.45, 2.75) is 18.8 Å². The number of esters is 1. The first-order valence-electron chi connectivity index (χ1n) is 6.11. The van der Waals surface area contributed by atoms with Crippen LogP contribution in [0.1, 0.15) is 6.92 Å². The molecule has 1 atom stereocenters. The molecule has 0 unspecified atom stereocenters. The van der Waals surface area contributed by atoms with Gasteiger partial charge in [0.05, 0.1) is 13.7 Å². The van der Waals surface area contributed by atoms with Crippen LogP contribution in [0.2, 0.25) is 0 Å². The molecule has 0 aliphatic heterocycles. The van der Waals surface area contributed by atoms with Gasteiger partial charge in [0.1, 0.15) is 5.75 Å². The lowest BCUT2D eigenvalue weighted by molar-refractivity contribution is -0.259. The zero-order valence-corrected chi connectivity index (χ0v) is 11.8. The Balaban J connectivity index is 3.26. The number of rotatable bonds is 5. The number of hydrogen-bond donors (Lipinski definition) is 1. The molecule has 1 amide bonds. The van der Waals surface area contributed by atoms with Gasteiger partial charge < -0.3 is 14.2 Å². The van der Waals surface area contributed by atoms with Gasteiger partial charge in [0.25, 0.3) is 0 Å². The van der Waals surface area contributed by atoms with Crippen LogP contribution in [0.3, 0.4) is 0 Å². The molecule has 1 aromatic rings. The van der Waals surface area contributed by atoms with Gasteiger partial charge in [0, 0.05) is 0 Å². The smallest absolute Gasteiger partial charge is 0.461 e. The first kappa shape index (κ1) is 17.6. The van der Waals surface area contributed by atoms with Crippen molar-refractivity contribution in [3.8, 4) is 5.75 Å². The average molecular weight is 321 g/mol. The Hall–Kier alpha value is -2.45. The lowest BCUT2D eigenvalue weighted by atomic mass is 10.2. The fourth-order valence-corrected chi connectivity index (χ4v) is 1.48. The molecule has 0 saturated carbocycles. The Bertz CT molecular complexity index is 520. The highest BCUT2D eigenvalue weighted by Crippen LogP contribution is 2.34. The maximum atomic E-state index is 13.4. The van der Waals surface area contributed by atoms with E-state index in [0.717, 1.165) is 7.11 Å². The predicted molar refractivity (Wildman–Crippen MR) is 68.0 cm³/mol. The van der Waals surface area contributed by atoms with Gasteiger partial charge in [-0.25, -0.2) is 9.59 Å². The Morgan fingerprint density at radius 1 is 1.18 bits per heavy atom. The molecule has 22 heavy (non-hydrogen) atoms. The van der Waals surface area contributed by atoms with Gasteiger partial charge in [-0.1, -0.05) is 18.2 Å². The van der Waals surface area contributed by atoms with Crippen molar-refractivity contribution in [1.29, 1.82) is 0 Å². The fraction of sp³-hybridized carbons (Fsp3) is 0.385. The van der Waals surface area contributed by atoms with Crippen LogP contribution in [0, 0.1) is 0 Å². The van der Waals surface area contributed by atoms with E-state index >= 15 is 0 Å². The van der Waals surface area contributed by atoms with E-state index in [1.54, 1.807) is 6.07 Å². The number of amides is 1. The minimum atomic E-state index is -5.29. The molecule has 0 bridgehead atoms. The molecular formula is C13H14F3NO5. The second kappa shape index (κ2) is 7.01. The first-order chi connectivity index (χ1) is 10.3. The van der Waals surface area contributed by atoms with E-state index in [2.05, 4.69) is 9.47 Å². The lowest BCUT2D eigenvalue weighted by Crippen LogP contribution is -2.68. The number of alkyl halides is 3. The van der Waals surface area contributed by atoms with Gasteiger partial charge in [-0.2, -0.15) is 13.2 Å². The second-order valence-electron chi connectivity index (χ2n) is 3.93. The van der Waals surface area contributed by atoms with Crippen LogP contribution in [0.4, 0.5) is 18.0 Å². The van der Waals surface area contributed by atoms with Crippen LogP contribution in [0.25, 0.3) is 0 Å². The minimum absolute atomic E-state index is 0.188. The normalized spacial score (nSPS) is 13.7. The van der Waals surface area contributed by atoms with E-state index in [4.69, 9.17) is 4.74 Å². The Morgan fingerprint density at radius 3 is 2.23 bits per heavy atom. The molecule has 0 saturated heterocycles. The summed E-state index contributed by atoms with van der Waals surface area (Å²) in [6, 6.07) is 6.72. The van der Waals surface area contributed by atoms with E-state index in [9.17, 15) is 22.8 Å². The standard InChI is InChI=1S/C13H14F3NO5/c1-3-21-11(19)17-12(10(18)20-2,13(14,15)16)22-9-7-5-4-6-8-9/h4-8H,3H2,1-2H3,(H,17,19)/t12-/m1/s1. The summed E-state index contributed by atoms with van der Waals surface area (Å²) in [7, 11) is 0.740. The molecule has 1 N–H and O–H groups in total. The van der Waals surface area contributed by atoms with Crippen LogP contribution >= 0.6 is 0 Å². The Labute approximate surface area is 124 Å². The summed E-state index contributed by atoms with van der Waals surface area (Å²) in [4.78, 5) is 23.1. The molecule has 0 aliphatic rings. The number of carbonyl (C=O) groups excluding carboxylic acids is 2. The summed E-state index contributed by atoms with van der Waals surface area (Å²) in [5.41, 5.74) is -3.71. The highest BCUT2D eigenvalue weighted by molar-refractivity contribution is 5.85. The van der Waals surface area contributed by atoms with Crippen LogP contribution in [0.5, 0.6) is 5.75 Å².